The Balaban J connectivity index is 0.000000343. The van der Waals surface area contributed by atoms with Crippen LogP contribution in [0.2, 0.25) is 5.02 Å². The Hall–Kier alpha value is -2.60. The summed E-state index contributed by atoms with van der Waals surface area (Å²) >= 11 is 6.38. The van der Waals surface area contributed by atoms with E-state index in [2.05, 4.69) is 0 Å². The normalized spacial score (nSPS) is 14.4. The molecule has 1 atom stereocenters. The molecule has 3 aromatic rings. The number of fused-ring (bicyclic) bond motifs is 1. The molecule has 0 fully saturated rings. The van der Waals surface area contributed by atoms with Gasteiger partial charge in [0, 0.05) is 35.7 Å². The number of nitrogens with two attached hydrogens (primary N) is 2. The fourth-order valence-electron chi connectivity index (χ4n) is 3.18. The first-order valence-electron chi connectivity index (χ1n) is 9.45. The van der Waals surface area contributed by atoms with Gasteiger partial charge in [0.1, 0.15) is 30.0 Å². The first-order valence-corrected chi connectivity index (χ1v) is 9.83. The summed E-state index contributed by atoms with van der Waals surface area (Å²) in [6, 6.07) is 20.2. The first-order chi connectivity index (χ1) is 14.2. The van der Waals surface area contributed by atoms with Gasteiger partial charge >= 0.3 is 0 Å². The molecule has 1 aliphatic heterocycles. The van der Waals surface area contributed by atoms with Crippen LogP contribution in [-0.2, 0) is 6.42 Å². The third-order valence-electron chi connectivity index (χ3n) is 4.47. The van der Waals surface area contributed by atoms with E-state index in [4.69, 9.17) is 32.5 Å². The molecule has 0 bridgehead atoms. The highest BCUT2D eigenvalue weighted by Crippen LogP contribution is 2.45. The van der Waals surface area contributed by atoms with E-state index < -0.39 is 5.82 Å². The van der Waals surface area contributed by atoms with Gasteiger partial charge in [0.15, 0.2) is 0 Å². The molecule has 1 aliphatic rings. The molecule has 0 spiro atoms. The van der Waals surface area contributed by atoms with E-state index >= 15 is 0 Å². The maximum Gasteiger partial charge on any atom is 0.134 e. The maximum atomic E-state index is 14.6. The van der Waals surface area contributed by atoms with Gasteiger partial charge in [0.05, 0.1) is 5.56 Å². The lowest BCUT2D eigenvalue weighted by Crippen LogP contribution is -2.24. The molecule has 29 heavy (non-hydrogen) atoms. The summed E-state index contributed by atoms with van der Waals surface area (Å²) < 4.78 is 25.9. The van der Waals surface area contributed by atoms with Crippen molar-refractivity contribution >= 4 is 11.6 Å². The van der Waals surface area contributed by atoms with Gasteiger partial charge in [-0.05, 0) is 24.3 Å². The summed E-state index contributed by atoms with van der Waals surface area (Å²) in [6.45, 7) is 1.03. The molecule has 0 aliphatic carbocycles. The van der Waals surface area contributed by atoms with Crippen LogP contribution in [0.4, 0.5) is 4.39 Å². The van der Waals surface area contributed by atoms with Crippen LogP contribution in [0.5, 0.6) is 11.5 Å². The van der Waals surface area contributed by atoms with E-state index in [1.807, 2.05) is 36.4 Å². The Bertz CT molecular complexity index is 911. The zero-order valence-electron chi connectivity index (χ0n) is 16.0. The minimum atomic E-state index is -0.397. The molecule has 0 radical (unpaired) electrons. The first kappa shape index (κ1) is 21.1. The highest BCUT2D eigenvalue weighted by Gasteiger charge is 2.29. The fraction of sp³-hybridized carbons (Fsp3) is 0.217. The lowest BCUT2D eigenvalue weighted by molar-refractivity contribution is 0.241. The van der Waals surface area contributed by atoms with Gasteiger partial charge in [-0.25, -0.2) is 4.39 Å². The second-order valence-corrected chi connectivity index (χ2v) is 6.89. The van der Waals surface area contributed by atoms with Gasteiger partial charge in [-0.15, -0.1) is 0 Å². The van der Waals surface area contributed by atoms with Crippen LogP contribution in [-0.4, -0.2) is 25.8 Å². The fourth-order valence-corrected chi connectivity index (χ4v) is 3.46. The second kappa shape index (κ2) is 10.3. The summed E-state index contributed by atoms with van der Waals surface area (Å²) in [5.41, 5.74) is 13.0. The zero-order valence-corrected chi connectivity index (χ0v) is 16.7. The molecular weight excluding hydrogens is 391 g/mol. The van der Waals surface area contributed by atoms with E-state index in [0.717, 1.165) is 5.56 Å². The Morgan fingerprint density at radius 3 is 2.28 bits per heavy atom. The lowest BCUT2D eigenvalue weighted by Gasteiger charge is -2.15. The van der Waals surface area contributed by atoms with Gasteiger partial charge in [0.25, 0.3) is 0 Å². The number of hydrogen-bond donors (Lipinski definition) is 2. The average Bonchev–Trinajstić information content (AvgIpc) is 3.18. The van der Waals surface area contributed by atoms with Crippen molar-refractivity contribution in [2.24, 2.45) is 11.5 Å². The highest BCUT2D eigenvalue weighted by molar-refractivity contribution is 6.33. The quantitative estimate of drug-likeness (QED) is 0.647. The number of benzene rings is 3. The molecule has 4 N–H and O–H groups in total. The lowest BCUT2D eigenvalue weighted by atomic mass is 9.95. The Labute approximate surface area is 175 Å². The van der Waals surface area contributed by atoms with Crippen LogP contribution in [0.1, 0.15) is 5.56 Å². The van der Waals surface area contributed by atoms with Crippen LogP contribution < -0.4 is 20.9 Å². The Morgan fingerprint density at radius 1 is 0.966 bits per heavy atom. The molecule has 152 valence electrons. The van der Waals surface area contributed by atoms with Crippen molar-refractivity contribution in [1.82, 2.24) is 0 Å². The Kier molecular flexibility index (Phi) is 7.47. The molecule has 0 aromatic heterocycles. The maximum absolute atomic E-state index is 14.6. The van der Waals surface area contributed by atoms with Crippen molar-refractivity contribution in [2.75, 3.05) is 19.7 Å². The minimum Gasteiger partial charge on any atom is -0.492 e. The number of ether oxygens (including phenoxy) is 2. The predicted molar refractivity (Wildman–Crippen MR) is 115 cm³/mol. The van der Waals surface area contributed by atoms with E-state index in [1.165, 1.54) is 6.07 Å². The number of hydrogen-bond acceptors (Lipinski definition) is 4. The Morgan fingerprint density at radius 2 is 1.66 bits per heavy atom. The molecule has 4 rings (SSSR count). The summed E-state index contributed by atoms with van der Waals surface area (Å²) in [5, 5.41) is 0.452. The summed E-state index contributed by atoms with van der Waals surface area (Å²) in [7, 11) is 0. The monoisotopic (exact) mass is 414 g/mol. The van der Waals surface area contributed by atoms with Gasteiger partial charge in [0.2, 0.25) is 0 Å². The summed E-state index contributed by atoms with van der Waals surface area (Å²) in [4.78, 5) is 0. The van der Waals surface area contributed by atoms with E-state index in [0.29, 0.717) is 53.8 Å². The van der Waals surface area contributed by atoms with Crippen molar-refractivity contribution in [2.45, 2.75) is 12.5 Å². The molecule has 0 saturated heterocycles. The van der Waals surface area contributed by atoms with Gasteiger partial charge in [-0.3, -0.25) is 0 Å². The molecule has 3 aromatic carbocycles. The molecule has 0 saturated carbocycles. The highest BCUT2D eigenvalue weighted by atomic mass is 35.5. The summed E-state index contributed by atoms with van der Waals surface area (Å²) in [5.74, 6) is 0.709. The van der Waals surface area contributed by atoms with Gasteiger partial charge in [-0.1, -0.05) is 54.1 Å². The zero-order chi connectivity index (χ0) is 20.6. The van der Waals surface area contributed by atoms with E-state index in [1.54, 1.807) is 24.3 Å². The molecule has 6 heteroatoms. The van der Waals surface area contributed by atoms with Crippen molar-refractivity contribution in [3.05, 3.63) is 83.1 Å². The smallest absolute Gasteiger partial charge is 0.134 e. The number of rotatable bonds is 5. The topological polar surface area (TPSA) is 70.5 Å². The molecule has 1 unspecified atom stereocenters. The van der Waals surface area contributed by atoms with Crippen molar-refractivity contribution < 1.29 is 13.9 Å². The van der Waals surface area contributed by atoms with Gasteiger partial charge in [-0.2, -0.15) is 0 Å². The van der Waals surface area contributed by atoms with Crippen LogP contribution in [0.15, 0.2) is 66.7 Å². The van der Waals surface area contributed by atoms with Crippen LogP contribution in [0.3, 0.4) is 0 Å². The van der Waals surface area contributed by atoms with Crippen LogP contribution in [0.25, 0.3) is 11.1 Å². The summed E-state index contributed by atoms with van der Waals surface area (Å²) in [6.07, 6.45) is 0.467. The van der Waals surface area contributed by atoms with Crippen LogP contribution >= 0.6 is 11.6 Å². The van der Waals surface area contributed by atoms with E-state index in [-0.39, 0.29) is 6.10 Å². The number of halogens is 2. The SMILES string of the molecule is NCCOc1cccc(F)c1-c1c(Cl)ccc2c1CC(CN)O2.c1ccccc1. The largest absolute Gasteiger partial charge is 0.492 e. The van der Waals surface area contributed by atoms with Crippen molar-refractivity contribution in [3.8, 4) is 22.6 Å². The van der Waals surface area contributed by atoms with Crippen molar-refractivity contribution in [1.29, 1.82) is 0 Å². The third kappa shape index (κ3) is 5.07. The molecule has 0 amide bonds. The van der Waals surface area contributed by atoms with Crippen LogP contribution in [0, 0.1) is 5.82 Å². The standard InChI is InChI=1S/C17H18ClFN2O2.C6H6/c18-12-4-5-14-11(8-10(9-21)23-14)16(12)17-13(19)2-1-3-15(17)22-7-6-20;1-2-4-6-5-3-1/h1-5,10H,6-9,20-21H2;1-6H. The predicted octanol–water partition coefficient (Wildman–Crippen LogP) is 4.43. The molecular formula is C23H24ClFN2O2. The van der Waals surface area contributed by atoms with Crippen molar-refractivity contribution in [3.63, 3.8) is 0 Å². The molecule has 4 nitrogen and oxygen atoms in total. The van der Waals surface area contributed by atoms with E-state index in [9.17, 15) is 4.39 Å². The average molecular weight is 415 g/mol. The molecule has 1 heterocycles. The van der Waals surface area contributed by atoms with Gasteiger partial charge < -0.3 is 20.9 Å². The second-order valence-electron chi connectivity index (χ2n) is 6.48. The third-order valence-corrected chi connectivity index (χ3v) is 4.79. The minimum absolute atomic E-state index is 0.123.